The van der Waals surface area contributed by atoms with Gasteiger partial charge in [0.2, 0.25) is 5.91 Å². The van der Waals surface area contributed by atoms with Gasteiger partial charge in [-0.05, 0) is 6.92 Å². The molecule has 0 fully saturated rings. The van der Waals surface area contributed by atoms with Crippen molar-refractivity contribution in [2.75, 3.05) is 13.1 Å². The highest BCUT2D eigenvalue weighted by Crippen LogP contribution is 2.18. The zero-order valence-corrected chi connectivity index (χ0v) is 10.8. The van der Waals surface area contributed by atoms with Crippen LogP contribution < -0.4 is 10.6 Å². The number of nitrogens with zero attached hydrogens (tertiary/aromatic N) is 2. The molecule has 0 bridgehead atoms. The summed E-state index contributed by atoms with van der Waals surface area (Å²) in [7, 11) is 0. The normalized spacial score (nSPS) is 10.4. The topological polar surface area (TPSA) is 82.7 Å². The van der Waals surface area contributed by atoms with E-state index in [0.29, 0.717) is 13.1 Å². The van der Waals surface area contributed by atoms with E-state index in [4.69, 9.17) is 0 Å². The van der Waals surface area contributed by atoms with E-state index in [1.165, 1.54) is 0 Å². The molecule has 1 amide bonds. The summed E-state index contributed by atoms with van der Waals surface area (Å²) in [4.78, 5) is 11.3. The van der Waals surface area contributed by atoms with Gasteiger partial charge in [0.1, 0.15) is 11.4 Å². The molecule has 0 spiro atoms. The summed E-state index contributed by atoms with van der Waals surface area (Å²) in [5.41, 5.74) is 2.62. The van der Waals surface area contributed by atoms with Crippen LogP contribution in [0, 0.1) is 0 Å². The number of rotatable bonds is 6. The molecular formula is C13H17N5O. The van der Waals surface area contributed by atoms with Crippen LogP contribution in [0.1, 0.15) is 12.6 Å². The molecule has 1 aromatic heterocycles. The number of H-pyrrole nitrogens is 1. The average Bonchev–Trinajstić information content (AvgIpc) is 2.88. The predicted octanol–water partition coefficient (Wildman–Crippen LogP) is 0.697. The van der Waals surface area contributed by atoms with Gasteiger partial charge in [0, 0.05) is 18.7 Å². The lowest BCUT2D eigenvalue weighted by Gasteiger charge is -2.04. The molecule has 0 atom stereocenters. The fraction of sp³-hybridized carbons (Fsp3) is 0.308. The van der Waals surface area contributed by atoms with Crippen LogP contribution in [0.3, 0.4) is 0 Å². The maximum Gasteiger partial charge on any atom is 0.233 e. The lowest BCUT2D eigenvalue weighted by Crippen LogP contribution is -2.33. The van der Waals surface area contributed by atoms with Crippen LogP contribution in [0.25, 0.3) is 11.3 Å². The molecule has 0 aliphatic carbocycles. The first-order chi connectivity index (χ1) is 9.31. The van der Waals surface area contributed by atoms with Crippen molar-refractivity contribution in [2.24, 2.45) is 0 Å². The first kappa shape index (κ1) is 13.2. The molecule has 0 aliphatic rings. The Morgan fingerprint density at radius 2 is 2.05 bits per heavy atom. The molecule has 0 radical (unpaired) electrons. The van der Waals surface area contributed by atoms with Gasteiger partial charge in [-0.3, -0.25) is 4.79 Å². The highest BCUT2D eigenvalue weighted by molar-refractivity contribution is 5.77. The van der Waals surface area contributed by atoms with Gasteiger partial charge in [0.05, 0.1) is 6.54 Å². The van der Waals surface area contributed by atoms with Gasteiger partial charge >= 0.3 is 0 Å². The average molecular weight is 259 g/mol. The summed E-state index contributed by atoms with van der Waals surface area (Å²) in [6, 6.07) is 9.82. The molecule has 0 unspecified atom stereocenters. The Labute approximate surface area is 111 Å². The number of likely N-dealkylation sites (N-methyl/N-ethyl adjacent to an activating group) is 1. The molecule has 0 saturated heterocycles. The van der Waals surface area contributed by atoms with Gasteiger partial charge in [-0.15, -0.1) is 0 Å². The van der Waals surface area contributed by atoms with E-state index >= 15 is 0 Å². The van der Waals surface area contributed by atoms with Crippen molar-refractivity contribution in [2.45, 2.75) is 13.5 Å². The quantitative estimate of drug-likeness (QED) is 0.713. The van der Waals surface area contributed by atoms with Crippen molar-refractivity contribution in [3.05, 3.63) is 36.0 Å². The largest absolute Gasteiger partial charge is 0.355 e. The second kappa shape index (κ2) is 6.65. The minimum Gasteiger partial charge on any atom is -0.355 e. The molecular weight excluding hydrogens is 242 g/mol. The second-order valence-electron chi connectivity index (χ2n) is 4.04. The van der Waals surface area contributed by atoms with Crippen molar-refractivity contribution in [3.8, 4) is 11.3 Å². The monoisotopic (exact) mass is 259 g/mol. The SMILES string of the molecule is CCNC(=O)CNCc1n[nH]nc1-c1ccccc1. The lowest BCUT2D eigenvalue weighted by molar-refractivity contribution is -0.120. The Bertz CT molecular complexity index is 523. The number of benzene rings is 1. The third-order valence-electron chi connectivity index (χ3n) is 2.62. The first-order valence-corrected chi connectivity index (χ1v) is 6.23. The first-order valence-electron chi connectivity index (χ1n) is 6.23. The highest BCUT2D eigenvalue weighted by Gasteiger charge is 2.09. The predicted molar refractivity (Wildman–Crippen MR) is 72.2 cm³/mol. The smallest absolute Gasteiger partial charge is 0.233 e. The van der Waals surface area contributed by atoms with Gasteiger partial charge in [0.25, 0.3) is 0 Å². The number of carbonyl (C=O) groups excluding carboxylic acids is 1. The molecule has 0 saturated carbocycles. The van der Waals surface area contributed by atoms with E-state index in [1.54, 1.807) is 0 Å². The lowest BCUT2D eigenvalue weighted by atomic mass is 10.1. The summed E-state index contributed by atoms with van der Waals surface area (Å²) in [5.74, 6) is -0.0211. The summed E-state index contributed by atoms with van der Waals surface area (Å²) >= 11 is 0. The molecule has 3 N–H and O–H groups in total. The number of hydrogen-bond donors (Lipinski definition) is 3. The van der Waals surface area contributed by atoms with Crippen molar-refractivity contribution in [1.82, 2.24) is 26.0 Å². The summed E-state index contributed by atoms with van der Waals surface area (Å²) < 4.78 is 0. The van der Waals surface area contributed by atoms with Crippen LogP contribution in [0.5, 0.6) is 0 Å². The minimum atomic E-state index is -0.0211. The Kier molecular flexibility index (Phi) is 4.63. The van der Waals surface area contributed by atoms with Crippen molar-refractivity contribution in [3.63, 3.8) is 0 Å². The van der Waals surface area contributed by atoms with Gasteiger partial charge in [0.15, 0.2) is 0 Å². The van der Waals surface area contributed by atoms with Crippen LogP contribution in [0.2, 0.25) is 0 Å². The van der Waals surface area contributed by atoms with Crippen LogP contribution in [0.4, 0.5) is 0 Å². The molecule has 1 aromatic carbocycles. The second-order valence-corrected chi connectivity index (χ2v) is 4.04. The Morgan fingerprint density at radius 3 is 2.79 bits per heavy atom. The molecule has 6 nitrogen and oxygen atoms in total. The molecule has 0 aliphatic heterocycles. The van der Waals surface area contributed by atoms with E-state index in [-0.39, 0.29) is 12.5 Å². The van der Waals surface area contributed by atoms with Crippen molar-refractivity contribution < 1.29 is 4.79 Å². The minimum absolute atomic E-state index is 0.0211. The summed E-state index contributed by atoms with van der Waals surface area (Å²) in [6.07, 6.45) is 0. The van der Waals surface area contributed by atoms with Crippen LogP contribution in [-0.2, 0) is 11.3 Å². The third kappa shape index (κ3) is 3.62. The number of hydrogen-bond acceptors (Lipinski definition) is 4. The van der Waals surface area contributed by atoms with Gasteiger partial charge in [-0.25, -0.2) is 0 Å². The number of nitrogens with one attached hydrogen (secondary N) is 3. The molecule has 2 rings (SSSR count). The number of aromatic amines is 1. The third-order valence-corrected chi connectivity index (χ3v) is 2.62. The molecule has 100 valence electrons. The van der Waals surface area contributed by atoms with Crippen LogP contribution in [0.15, 0.2) is 30.3 Å². The maximum absolute atomic E-state index is 11.3. The number of aromatic nitrogens is 3. The van der Waals surface area contributed by atoms with E-state index in [0.717, 1.165) is 17.0 Å². The van der Waals surface area contributed by atoms with Gasteiger partial charge in [-0.2, -0.15) is 15.4 Å². The van der Waals surface area contributed by atoms with Crippen LogP contribution >= 0.6 is 0 Å². The van der Waals surface area contributed by atoms with Gasteiger partial charge in [-0.1, -0.05) is 30.3 Å². The molecule has 19 heavy (non-hydrogen) atoms. The number of amides is 1. The molecule has 2 aromatic rings. The van der Waals surface area contributed by atoms with Gasteiger partial charge < -0.3 is 10.6 Å². The Hall–Kier alpha value is -2.21. The van der Waals surface area contributed by atoms with E-state index in [1.807, 2.05) is 37.3 Å². The Morgan fingerprint density at radius 1 is 1.26 bits per heavy atom. The number of carbonyl (C=O) groups is 1. The fourth-order valence-corrected chi connectivity index (χ4v) is 1.76. The fourth-order valence-electron chi connectivity index (χ4n) is 1.76. The van der Waals surface area contributed by atoms with Crippen molar-refractivity contribution >= 4 is 5.91 Å². The summed E-state index contributed by atoms with van der Waals surface area (Å²) in [5, 5.41) is 16.6. The Balaban J connectivity index is 1.95. The standard InChI is InChI=1S/C13H17N5O/c1-2-15-12(19)9-14-8-11-13(17-18-16-11)10-6-4-3-5-7-10/h3-7,14H,2,8-9H2,1H3,(H,15,19)(H,16,17,18). The molecule has 6 heteroatoms. The van der Waals surface area contributed by atoms with Crippen LogP contribution in [-0.4, -0.2) is 34.4 Å². The van der Waals surface area contributed by atoms with E-state index in [9.17, 15) is 4.79 Å². The van der Waals surface area contributed by atoms with E-state index < -0.39 is 0 Å². The maximum atomic E-state index is 11.3. The van der Waals surface area contributed by atoms with Crippen molar-refractivity contribution in [1.29, 1.82) is 0 Å². The van der Waals surface area contributed by atoms with E-state index in [2.05, 4.69) is 26.0 Å². The molecule has 1 heterocycles. The zero-order valence-electron chi connectivity index (χ0n) is 10.8. The zero-order chi connectivity index (χ0) is 13.5. The highest BCUT2D eigenvalue weighted by atomic mass is 16.1. The summed E-state index contributed by atoms with van der Waals surface area (Å²) in [6.45, 7) is 3.30.